The number of benzene rings is 1. The third-order valence-electron chi connectivity index (χ3n) is 1.75. The van der Waals surface area contributed by atoms with Crippen LogP contribution in [0, 0.1) is 0 Å². The molecule has 0 heterocycles. The SMILES string of the molecule is CCC(=O)Nc1ccc(NS(N)(=O)=O)cc1. The largest absolute Gasteiger partial charge is 0.326 e. The Morgan fingerprint density at radius 2 is 1.75 bits per heavy atom. The summed E-state index contributed by atoms with van der Waals surface area (Å²) in [6.07, 6.45) is 0.386. The van der Waals surface area contributed by atoms with E-state index in [-0.39, 0.29) is 5.91 Å². The van der Waals surface area contributed by atoms with Gasteiger partial charge in [-0.15, -0.1) is 0 Å². The molecule has 0 aliphatic carbocycles. The summed E-state index contributed by atoms with van der Waals surface area (Å²) in [5, 5.41) is 7.43. The maximum absolute atomic E-state index is 11.1. The van der Waals surface area contributed by atoms with Gasteiger partial charge in [-0.3, -0.25) is 9.52 Å². The van der Waals surface area contributed by atoms with Gasteiger partial charge < -0.3 is 5.32 Å². The summed E-state index contributed by atoms with van der Waals surface area (Å²) in [7, 11) is -3.76. The van der Waals surface area contributed by atoms with Gasteiger partial charge in [0.2, 0.25) is 5.91 Å². The van der Waals surface area contributed by atoms with Crippen LogP contribution in [0.25, 0.3) is 0 Å². The van der Waals surface area contributed by atoms with Crippen LogP contribution in [0.4, 0.5) is 11.4 Å². The molecule has 0 fully saturated rings. The molecule has 0 aromatic heterocycles. The summed E-state index contributed by atoms with van der Waals surface area (Å²) in [4.78, 5) is 11.1. The second-order valence-corrected chi connectivity index (χ2v) is 4.42. The van der Waals surface area contributed by atoms with Crippen LogP contribution in [0.3, 0.4) is 0 Å². The minimum absolute atomic E-state index is 0.104. The fourth-order valence-electron chi connectivity index (χ4n) is 1.04. The molecule has 1 rings (SSSR count). The van der Waals surface area contributed by atoms with E-state index in [2.05, 4.69) is 10.0 Å². The van der Waals surface area contributed by atoms with Crippen molar-refractivity contribution < 1.29 is 13.2 Å². The standard InChI is InChI=1S/C9H13N3O3S/c1-2-9(13)11-7-3-5-8(6-4-7)12-16(10,14)15/h3-6,12H,2H2,1H3,(H,11,13)(H2,10,14,15). The predicted octanol–water partition coefficient (Wildman–Crippen LogP) is 0.651. The first kappa shape index (κ1) is 12.5. The van der Waals surface area contributed by atoms with Crippen molar-refractivity contribution in [3.05, 3.63) is 24.3 Å². The number of rotatable bonds is 4. The molecular formula is C9H13N3O3S. The maximum Gasteiger partial charge on any atom is 0.296 e. The molecule has 6 nitrogen and oxygen atoms in total. The van der Waals surface area contributed by atoms with E-state index in [1.807, 2.05) is 0 Å². The molecule has 0 unspecified atom stereocenters. The molecule has 0 radical (unpaired) electrons. The van der Waals surface area contributed by atoms with Crippen molar-refractivity contribution in [2.45, 2.75) is 13.3 Å². The Morgan fingerprint density at radius 1 is 1.25 bits per heavy atom. The van der Waals surface area contributed by atoms with E-state index in [4.69, 9.17) is 5.14 Å². The molecule has 0 spiro atoms. The number of nitrogens with two attached hydrogens (primary N) is 1. The Labute approximate surface area is 94.0 Å². The lowest BCUT2D eigenvalue weighted by atomic mass is 10.3. The molecule has 1 amide bonds. The topological polar surface area (TPSA) is 101 Å². The molecule has 0 saturated carbocycles. The second kappa shape index (κ2) is 4.95. The zero-order chi connectivity index (χ0) is 12.2. The summed E-state index contributed by atoms with van der Waals surface area (Å²) in [6.45, 7) is 1.74. The van der Waals surface area contributed by atoms with Crippen molar-refractivity contribution in [1.82, 2.24) is 0 Å². The van der Waals surface area contributed by atoms with Crippen LogP contribution < -0.4 is 15.2 Å². The van der Waals surface area contributed by atoms with E-state index >= 15 is 0 Å². The monoisotopic (exact) mass is 243 g/mol. The smallest absolute Gasteiger partial charge is 0.296 e. The fraction of sp³-hybridized carbons (Fsp3) is 0.222. The average Bonchev–Trinajstić information content (AvgIpc) is 2.18. The molecule has 1 aromatic rings. The lowest BCUT2D eigenvalue weighted by Crippen LogP contribution is -2.21. The first-order chi connectivity index (χ1) is 7.40. The van der Waals surface area contributed by atoms with Gasteiger partial charge >= 0.3 is 0 Å². The summed E-state index contributed by atoms with van der Waals surface area (Å²) >= 11 is 0. The second-order valence-electron chi connectivity index (χ2n) is 3.13. The van der Waals surface area contributed by atoms with Crippen molar-refractivity contribution in [2.75, 3.05) is 10.0 Å². The van der Waals surface area contributed by atoms with Crippen LogP contribution in [0.1, 0.15) is 13.3 Å². The van der Waals surface area contributed by atoms with E-state index in [1.54, 1.807) is 19.1 Å². The normalized spacial score (nSPS) is 10.9. The number of hydrogen-bond acceptors (Lipinski definition) is 3. The van der Waals surface area contributed by atoms with Crippen LogP contribution in [0.2, 0.25) is 0 Å². The molecule has 0 aliphatic heterocycles. The number of hydrogen-bond donors (Lipinski definition) is 3. The lowest BCUT2D eigenvalue weighted by Gasteiger charge is -2.06. The third kappa shape index (κ3) is 4.28. The Morgan fingerprint density at radius 3 is 2.19 bits per heavy atom. The van der Waals surface area contributed by atoms with Gasteiger partial charge in [0.1, 0.15) is 0 Å². The van der Waals surface area contributed by atoms with Crippen LogP contribution in [0.5, 0.6) is 0 Å². The number of nitrogens with one attached hydrogen (secondary N) is 2. The summed E-state index contributed by atoms with van der Waals surface area (Å²) in [5.74, 6) is -0.104. The van der Waals surface area contributed by atoms with Crippen molar-refractivity contribution in [2.24, 2.45) is 5.14 Å². The molecule has 0 atom stereocenters. The van der Waals surface area contributed by atoms with Crippen LogP contribution >= 0.6 is 0 Å². The van der Waals surface area contributed by atoms with Crippen molar-refractivity contribution in [3.8, 4) is 0 Å². The Bertz CT molecular complexity index is 467. The van der Waals surface area contributed by atoms with E-state index < -0.39 is 10.2 Å². The molecule has 0 bridgehead atoms. The van der Waals surface area contributed by atoms with Gasteiger partial charge in [0.05, 0.1) is 0 Å². The minimum atomic E-state index is -3.76. The zero-order valence-corrected chi connectivity index (χ0v) is 9.54. The Kier molecular flexibility index (Phi) is 3.86. The highest BCUT2D eigenvalue weighted by atomic mass is 32.2. The number of carbonyl (C=O) groups is 1. The van der Waals surface area contributed by atoms with Crippen molar-refractivity contribution >= 4 is 27.5 Å². The van der Waals surface area contributed by atoms with Crippen LogP contribution in [0.15, 0.2) is 24.3 Å². The quantitative estimate of drug-likeness (QED) is 0.723. The molecule has 16 heavy (non-hydrogen) atoms. The third-order valence-corrected chi connectivity index (χ3v) is 2.27. The van der Waals surface area contributed by atoms with Gasteiger partial charge in [-0.2, -0.15) is 8.42 Å². The van der Waals surface area contributed by atoms with E-state index in [0.29, 0.717) is 17.8 Å². The van der Waals surface area contributed by atoms with Gasteiger partial charge in [-0.25, -0.2) is 5.14 Å². The average molecular weight is 243 g/mol. The lowest BCUT2D eigenvalue weighted by molar-refractivity contribution is -0.115. The highest BCUT2D eigenvalue weighted by molar-refractivity contribution is 7.90. The van der Waals surface area contributed by atoms with E-state index in [9.17, 15) is 13.2 Å². The summed E-state index contributed by atoms with van der Waals surface area (Å²) in [6, 6.07) is 6.19. The number of carbonyl (C=O) groups excluding carboxylic acids is 1. The van der Waals surface area contributed by atoms with Crippen LogP contribution in [-0.4, -0.2) is 14.3 Å². The first-order valence-corrected chi connectivity index (χ1v) is 6.16. The summed E-state index contributed by atoms with van der Waals surface area (Å²) in [5.41, 5.74) is 0.948. The Hall–Kier alpha value is -1.60. The predicted molar refractivity (Wildman–Crippen MR) is 62.1 cm³/mol. The molecule has 0 aliphatic rings. The van der Waals surface area contributed by atoms with Gasteiger partial charge in [0.25, 0.3) is 10.2 Å². The van der Waals surface area contributed by atoms with Gasteiger partial charge in [-0.05, 0) is 24.3 Å². The van der Waals surface area contributed by atoms with Gasteiger partial charge in [-0.1, -0.05) is 6.92 Å². The highest BCUT2D eigenvalue weighted by Gasteiger charge is 2.02. The first-order valence-electron chi connectivity index (χ1n) is 4.61. The minimum Gasteiger partial charge on any atom is -0.326 e. The van der Waals surface area contributed by atoms with Crippen LogP contribution in [-0.2, 0) is 15.0 Å². The highest BCUT2D eigenvalue weighted by Crippen LogP contribution is 2.14. The molecule has 4 N–H and O–H groups in total. The molecular weight excluding hydrogens is 230 g/mol. The molecule has 7 heteroatoms. The maximum atomic E-state index is 11.1. The van der Waals surface area contributed by atoms with Crippen molar-refractivity contribution in [1.29, 1.82) is 0 Å². The molecule has 88 valence electrons. The van der Waals surface area contributed by atoms with Crippen molar-refractivity contribution in [3.63, 3.8) is 0 Å². The van der Waals surface area contributed by atoms with Gasteiger partial charge in [0.15, 0.2) is 0 Å². The van der Waals surface area contributed by atoms with E-state index in [0.717, 1.165) is 0 Å². The number of anilines is 2. The number of amides is 1. The fourth-order valence-corrected chi connectivity index (χ4v) is 1.50. The molecule has 1 aromatic carbocycles. The Balaban J connectivity index is 2.72. The van der Waals surface area contributed by atoms with E-state index in [1.165, 1.54) is 12.1 Å². The summed E-state index contributed by atoms with van der Waals surface area (Å²) < 4.78 is 23.5. The zero-order valence-electron chi connectivity index (χ0n) is 8.73. The molecule has 0 saturated heterocycles. The van der Waals surface area contributed by atoms with Gasteiger partial charge in [0, 0.05) is 17.8 Å².